The lowest BCUT2D eigenvalue weighted by molar-refractivity contribution is 0.631. The summed E-state index contributed by atoms with van der Waals surface area (Å²) < 4.78 is 8.88. The van der Waals surface area contributed by atoms with Crippen molar-refractivity contribution in [3.63, 3.8) is 0 Å². The van der Waals surface area contributed by atoms with Crippen molar-refractivity contribution in [1.29, 1.82) is 0 Å². The van der Waals surface area contributed by atoms with Crippen LogP contribution < -0.4 is 4.90 Å². The molecule has 43 heavy (non-hydrogen) atoms. The molecule has 7 aromatic rings. The van der Waals surface area contributed by atoms with Crippen LogP contribution in [0.15, 0.2) is 150 Å². The molecule has 3 aromatic heterocycles. The van der Waals surface area contributed by atoms with Crippen molar-refractivity contribution in [1.82, 2.24) is 14.5 Å². The van der Waals surface area contributed by atoms with Crippen molar-refractivity contribution in [3.8, 4) is 28.4 Å². The molecule has 2 aliphatic rings. The number of hydrogen-bond donors (Lipinski definition) is 0. The van der Waals surface area contributed by atoms with Gasteiger partial charge in [-0.2, -0.15) is 0 Å². The maximum absolute atomic E-state index is 6.63. The summed E-state index contributed by atoms with van der Waals surface area (Å²) in [5.74, 6) is 1.89. The SMILES string of the molecule is C1=CC2c3ccncc3-c3oc4ccccc4c3N(c3ccc4c(c3)nc(-c3ccccc3)n4-c3ccccc3)C2C=C1. The van der Waals surface area contributed by atoms with E-state index in [9.17, 15) is 0 Å². The molecule has 204 valence electrons. The number of para-hydroxylation sites is 2. The van der Waals surface area contributed by atoms with Crippen LogP contribution in [-0.2, 0) is 0 Å². The largest absolute Gasteiger partial charge is 0.454 e. The summed E-state index contributed by atoms with van der Waals surface area (Å²) in [5, 5.41) is 1.08. The fraction of sp³-hybridized carbons (Fsp3) is 0.0526. The van der Waals surface area contributed by atoms with E-state index in [0.29, 0.717) is 0 Å². The third-order valence-corrected chi connectivity index (χ3v) is 8.64. The molecular weight excluding hydrogens is 528 g/mol. The Morgan fingerprint density at radius 1 is 0.721 bits per heavy atom. The molecule has 1 aliphatic heterocycles. The minimum Gasteiger partial charge on any atom is -0.454 e. The quantitative estimate of drug-likeness (QED) is 0.218. The fourth-order valence-electron chi connectivity index (χ4n) is 6.76. The molecule has 1 aliphatic carbocycles. The highest BCUT2D eigenvalue weighted by molar-refractivity contribution is 6.03. The highest BCUT2D eigenvalue weighted by Crippen LogP contribution is 2.52. The Hall–Kier alpha value is -5.68. The van der Waals surface area contributed by atoms with Crippen LogP contribution in [0, 0.1) is 0 Å². The van der Waals surface area contributed by atoms with Gasteiger partial charge in [-0.15, -0.1) is 0 Å². The molecule has 5 heteroatoms. The predicted octanol–water partition coefficient (Wildman–Crippen LogP) is 9.23. The Morgan fingerprint density at radius 3 is 2.40 bits per heavy atom. The minimum atomic E-state index is 0.0376. The molecule has 9 rings (SSSR count). The van der Waals surface area contributed by atoms with Crippen molar-refractivity contribution < 1.29 is 4.42 Å². The minimum absolute atomic E-state index is 0.0376. The molecule has 0 fully saturated rings. The van der Waals surface area contributed by atoms with E-state index in [4.69, 9.17) is 9.40 Å². The predicted molar refractivity (Wildman–Crippen MR) is 173 cm³/mol. The third kappa shape index (κ3) is 3.65. The highest BCUT2D eigenvalue weighted by Gasteiger charge is 2.38. The third-order valence-electron chi connectivity index (χ3n) is 8.64. The number of pyridine rings is 1. The number of allylic oxidation sites excluding steroid dienone is 2. The summed E-state index contributed by atoms with van der Waals surface area (Å²) in [7, 11) is 0. The molecule has 4 aromatic carbocycles. The van der Waals surface area contributed by atoms with E-state index in [1.807, 2.05) is 36.7 Å². The highest BCUT2D eigenvalue weighted by atomic mass is 16.3. The van der Waals surface area contributed by atoms with Gasteiger partial charge < -0.3 is 9.32 Å². The van der Waals surface area contributed by atoms with Crippen molar-refractivity contribution in [2.24, 2.45) is 0 Å². The molecule has 2 atom stereocenters. The van der Waals surface area contributed by atoms with Crippen LogP contribution in [0.2, 0.25) is 0 Å². The maximum Gasteiger partial charge on any atom is 0.160 e. The summed E-state index contributed by atoms with van der Waals surface area (Å²) in [6.07, 6.45) is 12.7. The Bertz CT molecular complexity index is 2210. The lowest BCUT2D eigenvalue weighted by atomic mass is 9.86. The smallest absolute Gasteiger partial charge is 0.160 e. The number of furan rings is 1. The van der Waals surface area contributed by atoms with Gasteiger partial charge in [0.1, 0.15) is 11.4 Å². The number of benzene rings is 4. The van der Waals surface area contributed by atoms with Crippen LogP contribution in [0.3, 0.4) is 0 Å². The van der Waals surface area contributed by atoms with Crippen molar-refractivity contribution in [3.05, 3.63) is 151 Å². The molecule has 0 saturated heterocycles. The fourth-order valence-corrected chi connectivity index (χ4v) is 6.76. The number of anilines is 2. The van der Waals surface area contributed by atoms with Crippen molar-refractivity contribution in [2.75, 3.05) is 4.90 Å². The lowest BCUT2D eigenvalue weighted by Crippen LogP contribution is -2.34. The van der Waals surface area contributed by atoms with E-state index in [1.165, 1.54) is 5.56 Å². The molecule has 0 saturated carbocycles. The summed E-state index contributed by atoms with van der Waals surface area (Å²) in [6, 6.07) is 38.0. The van der Waals surface area contributed by atoms with E-state index >= 15 is 0 Å². The van der Waals surface area contributed by atoms with Crippen LogP contribution in [-0.4, -0.2) is 20.6 Å². The van der Waals surface area contributed by atoms with Gasteiger partial charge in [0.25, 0.3) is 0 Å². The molecule has 0 amide bonds. The normalized spacial score (nSPS) is 17.1. The molecule has 5 nitrogen and oxygen atoms in total. The van der Waals surface area contributed by atoms with Crippen molar-refractivity contribution in [2.45, 2.75) is 12.0 Å². The molecule has 0 radical (unpaired) electrons. The van der Waals surface area contributed by atoms with Crippen molar-refractivity contribution >= 4 is 33.4 Å². The first kappa shape index (κ1) is 24.0. The van der Waals surface area contributed by atoms with Crippen LogP contribution >= 0.6 is 0 Å². The number of fused-ring (bicyclic) bond motifs is 8. The van der Waals surface area contributed by atoms with Gasteiger partial charge in [-0.1, -0.05) is 85.0 Å². The second-order valence-corrected chi connectivity index (χ2v) is 11.0. The van der Waals surface area contributed by atoms with E-state index in [-0.39, 0.29) is 12.0 Å². The number of imidazole rings is 1. The lowest BCUT2D eigenvalue weighted by Gasteiger charge is -2.35. The van der Waals surface area contributed by atoms with Crippen LogP contribution in [0.4, 0.5) is 11.4 Å². The zero-order valence-corrected chi connectivity index (χ0v) is 23.2. The second-order valence-electron chi connectivity index (χ2n) is 11.0. The van der Waals surface area contributed by atoms with Gasteiger partial charge in [-0.05, 0) is 54.1 Å². The van der Waals surface area contributed by atoms with Gasteiger partial charge in [0.05, 0.1) is 22.8 Å². The van der Waals surface area contributed by atoms with Gasteiger partial charge >= 0.3 is 0 Å². The van der Waals surface area contributed by atoms with Crippen LogP contribution in [0.1, 0.15) is 11.5 Å². The summed E-state index contributed by atoms with van der Waals surface area (Å²) in [5.41, 5.74) is 9.38. The Balaban J connectivity index is 1.32. The summed E-state index contributed by atoms with van der Waals surface area (Å²) in [6.45, 7) is 0. The number of hydrogen-bond acceptors (Lipinski definition) is 4. The van der Waals surface area contributed by atoms with E-state index in [1.54, 1.807) is 0 Å². The van der Waals surface area contributed by atoms with Crippen LogP contribution in [0.25, 0.3) is 50.4 Å². The average Bonchev–Trinajstić information content (AvgIpc) is 3.62. The summed E-state index contributed by atoms with van der Waals surface area (Å²) >= 11 is 0. The standard InChI is InChI=1S/C38H26N4O/c1-3-11-25(12-4-1)38-40-32-23-27(19-20-34(32)42(38)26-13-5-2-6-14-26)41-33-17-9-7-15-29(33)28-21-22-39-24-31(28)37-36(41)30-16-8-10-18-35(30)43-37/h1-24,29,33H. The van der Waals surface area contributed by atoms with Gasteiger partial charge in [-0.3, -0.25) is 9.55 Å². The van der Waals surface area contributed by atoms with Gasteiger partial charge in [0.2, 0.25) is 0 Å². The topological polar surface area (TPSA) is 47.1 Å². The monoisotopic (exact) mass is 554 g/mol. The maximum atomic E-state index is 6.63. The first-order valence-corrected chi connectivity index (χ1v) is 14.6. The molecule has 0 spiro atoms. The zero-order valence-electron chi connectivity index (χ0n) is 23.2. The second kappa shape index (κ2) is 9.43. The Morgan fingerprint density at radius 2 is 1.51 bits per heavy atom. The molecule has 0 bridgehead atoms. The van der Waals surface area contributed by atoms with Gasteiger partial charge in [0, 0.05) is 46.2 Å². The molecule has 4 heterocycles. The van der Waals surface area contributed by atoms with Gasteiger partial charge in [-0.25, -0.2) is 4.98 Å². The molecular formula is C38H26N4O. The van der Waals surface area contributed by atoms with E-state index < -0.39 is 0 Å². The van der Waals surface area contributed by atoms with E-state index in [0.717, 1.165) is 61.8 Å². The molecule has 0 N–H and O–H groups in total. The molecule has 2 unspecified atom stereocenters. The summed E-state index contributed by atoms with van der Waals surface area (Å²) in [4.78, 5) is 12.2. The Labute approximate surface area is 248 Å². The van der Waals surface area contributed by atoms with E-state index in [2.05, 4.69) is 124 Å². The van der Waals surface area contributed by atoms with Crippen LogP contribution in [0.5, 0.6) is 0 Å². The zero-order chi connectivity index (χ0) is 28.3. The Kier molecular flexibility index (Phi) is 5.26. The number of nitrogens with zero attached hydrogens (tertiary/aromatic N) is 4. The number of aromatic nitrogens is 3. The first-order chi connectivity index (χ1) is 21.3. The first-order valence-electron chi connectivity index (χ1n) is 14.6. The van der Waals surface area contributed by atoms with Gasteiger partial charge in [0.15, 0.2) is 5.76 Å². The number of rotatable bonds is 3. The average molecular weight is 555 g/mol.